The molecule has 1 heterocycles. The van der Waals surface area contributed by atoms with E-state index in [4.69, 9.17) is 9.78 Å². The molecule has 1 aromatic rings. The quantitative estimate of drug-likeness (QED) is 0.504. The van der Waals surface area contributed by atoms with Crippen molar-refractivity contribution >= 4 is 0 Å². The Balaban J connectivity index is 2.21. The summed E-state index contributed by atoms with van der Waals surface area (Å²) in [5, 5.41) is 14.7. The van der Waals surface area contributed by atoms with Crippen LogP contribution < -0.4 is 5.32 Å². The van der Waals surface area contributed by atoms with Gasteiger partial charge in [-0.15, -0.1) is 0 Å². The van der Waals surface area contributed by atoms with Crippen molar-refractivity contribution in [2.24, 2.45) is 0 Å². The van der Waals surface area contributed by atoms with Gasteiger partial charge in [-0.05, 0) is 6.92 Å². The largest absolute Gasteiger partial charge is 0.339 e. The molecule has 0 fully saturated rings. The molecular formula is C7H10N4O. The highest BCUT2D eigenvalue weighted by Gasteiger charge is 2.00. The third-order valence-corrected chi connectivity index (χ3v) is 1.29. The summed E-state index contributed by atoms with van der Waals surface area (Å²) in [7, 11) is 0. The number of nitrogens with zero attached hydrogens (tertiary/aromatic N) is 3. The molecule has 0 aromatic carbocycles. The highest BCUT2D eigenvalue weighted by atomic mass is 16.5. The molecule has 0 spiro atoms. The molecule has 0 bridgehead atoms. The fourth-order valence-corrected chi connectivity index (χ4v) is 0.781. The van der Waals surface area contributed by atoms with Gasteiger partial charge in [0.2, 0.25) is 5.89 Å². The Morgan fingerprint density at radius 3 is 3.08 bits per heavy atom. The van der Waals surface area contributed by atoms with Crippen LogP contribution >= 0.6 is 0 Å². The minimum atomic E-state index is 0.354. The van der Waals surface area contributed by atoms with Gasteiger partial charge in [0.1, 0.15) is 0 Å². The van der Waals surface area contributed by atoms with E-state index in [9.17, 15) is 0 Å². The number of hydrogen-bond donors (Lipinski definition) is 1. The van der Waals surface area contributed by atoms with Gasteiger partial charge in [-0.3, -0.25) is 0 Å². The van der Waals surface area contributed by atoms with Gasteiger partial charge in [0, 0.05) is 13.0 Å². The summed E-state index contributed by atoms with van der Waals surface area (Å²) in [6.07, 6.45) is 0.669. The normalized spacial score (nSPS) is 9.67. The lowest BCUT2D eigenvalue weighted by Crippen LogP contribution is -2.17. The minimum absolute atomic E-state index is 0.354. The Labute approximate surface area is 70.4 Å². The van der Waals surface area contributed by atoms with Crippen molar-refractivity contribution in [1.29, 1.82) is 5.26 Å². The zero-order chi connectivity index (χ0) is 8.81. The maximum absolute atomic E-state index is 8.20. The Hall–Kier alpha value is -1.41. The van der Waals surface area contributed by atoms with Crippen LogP contribution in [0.25, 0.3) is 0 Å². The van der Waals surface area contributed by atoms with Gasteiger partial charge in [-0.1, -0.05) is 5.16 Å². The Morgan fingerprint density at radius 1 is 1.67 bits per heavy atom. The van der Waals surface area contributed by atoms with Crippen molar-refractivity contribution in [1.82, 2.24) is 15.5 Å². The second-order valence-electron chi connectivity index (χ2n) is 2.32. The first kappa shape index (κ1) is 8.68. The topological polar surface area (TPSA) is 74.7 Å². The molecule has 64 valence electrons. The molecule has 5 nitrogen and oxygen atoms in total. The zero-order valence-corrected chi connectivity index (χ0v) is 6.87. The molecule has 0 radical (unpaired) electrons. The van der Waals surface area contributed by atoms with Crippen LogP contribution in [-0.4, -0.2) is 23.2 Å². The fraction of sp³-hybridized carbons (Fsp3) is 0.571. The SMILES string of the molecule is Cc1noc(CCNCC#N)n1. The van der Waals surface area contributed by atoms with E-state index in [0.29, 0.717) is 31.2 Å². The van der Waals surface area contributed by atoms with Gasteiger partial charge in [-0.25, -0.2) is 0 Å². The van der Waals surface area contributed by atoms with Crippen molar-refractivity contribution in [2.75, 3.05) is 13.1 Å². The number of rotatable bonds is 4. The van der Waals surface area contributed by atoms with Gasteiger partial charge >= 0.3 is 0 Å². The summed E-state index contributed by atoms with van der Waals surface area (Å²) in [4.78, 5) is 4.01. The third kappa shape index (κ3) is 2.68. The molecule has 0 saturated carbocycles. The van der Waals surface area contributed by atoms with Gasteiger partial charge in [0.15, 0.2) is 5.82 Å². The Bertz CT molecular complexity index is 275. The van der Waals surface area contributed by atoms with E-state index in [-0.39, 0.29) is 0 Å². The summed E-state index contributed by atoms with van der Waals surface area (Å²) in [6, 6.07) is 1.98. The first-order valence-corrected chi connectivity index (χ1v) is 3.70. The van der Waals surface area contributed by atoms with Crippen molar-refractivity contribution in [3.63, 3.8) is 0 Å². The number of hydrogen-bond acceptors (Lipinski definition) is 5. The standard InChI is InChI=1S/C7H10N4O/c1-6-10-7(12-11-6)2-4-9-5-3-8/h9H,2,4-5H2,1H3. The number of nitriles is 1. The van der Waals surface area contributed by atoms with E-state index in [1.54, 1.807) is 6.92 Å². The molecule has 12 heavy (non-hydrogen) atoms. The molecule has 1 aromatic heterocycles. The van der Waals surface area contributed by atoms with Crippen LogP contribution in [0.3, 0.4) is 0 Å². The van der Waals surface area contributed by atoms with E-state index in [1.165, 1.54) is 0 Å². The molecule has 5 heteroatoms. The molecule has 0 atom stereocenters. The van der Waals surface area contributed by atoms with Gasteiger partial charge in [0.25, 0.3) is 0 Å². The average molecular weight is 166 g/mol. The Morgan fingerprint density at radius 2 is 2.50 bits per heavy atom. The predicted molar refractivity (Wildman–Crippen MR) is 41.2 cm³/mol. The molecular weight excluding hydrogens is 156 g/mol. The highest BCUT2D eigenvalue weighted by molar-refractivity contribution is 4.84. The van der Waals surface area contributed by atoms with Crippen LogP contribution in [0.1, 0.15) is 11.7 Å². The van der Waals surface area contributed by atoms with Crippen LogP contribution in [0.5, 0.6) is 0 Å². The molecule has 0 saturated heterocycles. The number of nitrogens with one attached hydrogen (secondary N) is 1. The van der Waals surface area contributed by atoms with E-state index in [0.717, 1.165) is 0 Å². The molecule has 0 aliphatic heterocycles. The molecule has 0 aliphatic rings. The minimum Gasteiger partial charge on any atom is -0.339 e. The lowest BCUT2D eigenvalue weighted by molar-refractivity contribution is 0.373. The van der Waals surface area contributed by atoms with Crippen molar-refractivity contribution < 1.29 is 4.52 Å². The molecule has 0 aliphatic carbocycles. The fourth-order valence-electron chi connectivity index (χ4n) is 0.781. The summed E-state index contributed by atoms with van der Waals surface area (Å²) in [6.45, 7) is 2.82. The van der Waals surface area contributed by atoms with E-state index >= 15 is 0 Å². The number of aromatic nitrogens is 2. The average Bonchev–Trinajstić information content (AvgIpc) is 2.45. The molecule has 0 amide bonds. The van der Waals surface area contributed by atoms with E-state index in [2.05, 4.69) is 15.5 Å². The monoisotopic (exact) mass is 166 g/mol. The lowest BCUT2D eigenvalue weighted by Gasteiger charge is -1.93. The lowest BCUT2D eigenvalue weighted by atomic mass is 10.4. The van der Waals surface area contributed by atoms with Crippen LogP contribution in [0.2, 0.25) is 0 Å². The second-order valence-corrected chi connectivity index (χ2v) is 2.32. The maximum Gasteiger partial charge on any atom is 0.227 e. The molecule has 1 N–H and O–H groups in total. The van der Waals surface area contributed by atoms with Crippen molar-refractivity contribution in [3.8, 4) is 6.07 Å². The van der Waals surface area contributed by atoms with Crippen LogP contribution in [0.4, 0.5) is 0 Å². The maximum atomic E-state index is 8.20. The van der Waals surface area contributed by atoms with Crippen molar-refractivity contribution in [2.45, 2.75) is 13.3 Å². The first-order valence-electron chi connectivity index (χ1n) is 3.70. The Kier molecular flexibility index (Phi) is 3.23. The van der Waals surface area contributed by atoms with Crippen LogP contribution in [0, 0.1) is 18.3 Å². The third-order valence-electron chi connectivity index (χ3n) is 1.29. The summed E-state index contributed by atoms with van der Waals surface area (Å²) in [5.41, 5.74) is 0. The number of aryl methyl sites for hydroxylation is 1. The molecule has 0 unspecified atom stereocenters. The first-order chi connectivity index (χ1) is 5.83. The van der Waals surface area contributed by atoms with Gasteiger partial charge in [0.05, 0.1) is 12.6 Å². The van der Waals surface area contributed by atoms with Crippen molar-refractivity contribution in [3.05, 3.63) is 11.7 Å². The highest BCUT2D eigenvalue weighted by Crippen LogP contribution is 1.94. The second kappa shape index (κ2) is 4.46. The molecule has 1 rings (SSSR count). The summed E-state index contributed by atoms with van der Waals surface area (Å²) in [5.74, 6) is 1.25. The van der Waals surface area contributed by atoms with Gasteiger partial charge < -0.3 is 9.84 Å². The van der Waals surface area contributed by atoms with E-state index in [1.807, 2.05) is 6.07 Å². The van der Waals surface area contributed by atoms with E-state index < -0.39 is 0 Å². The summed E-state index contributed by atoms with van der Waals surface area (Å²) < 4.78 is 4.86. The predicted octanol–water partition coefficient (Wildman–Crippen LogP) is 0.0337. The van der Waals surface area contributed by atoms with Crippen LogP contribution in [0.15, 0.2) is 4.52 Å². The zero-order valence-electron chi connectivity index (χ0n) is 6.87. The van der Waals surface area contributed by atoms with Gasteiger partial charge in [-0.2, -0.15) is 10.2 Å². The van der Waals surface area contributed by atoms with Crippen LogP contribution in [-0.2, 0) is 6.42 Å². The summed E-state index contributed by atoms with van der Waals surface area (Å²) >= 11 is 0. The smallest absolute Gasteiger partial charge is 0.227 e.